The van der Waals surface area contributed by atoms with Gasteiger partial charge in [-0.3, -0.25) is 14.3 Å². The molecule has 29 heavy (non-hydrogen) atoms. The van der Waals surface area contributed by atoms with Crippen molar-refractivity contribution in [3.05, 3.63) is 59.7 Å². The Kier molecular flexibility index (Phi) is 7.32. The maximum Gasteiger partial charge on any atom is 0.338 e. The molecule has 0 fully saturated rings. The van der Waals surface area contributed by atoms with Crippen LogP contribution in [-0.2, 0) is 19.6 Å². The van der Waals surface area contributed by atoms with Crippen molar-refractivity contribution in [2.45, 2.75) is 6.92 Å². The number of esters is 1. The number of sulfonamides is 1. The number of ether oxygens (including phenoxy) is 1. The molecule has 2 rings (SSSR count). The van der Waals surface area contributed by atoms with Crippen LogP contribution in [-0.4, -0.2) is 45.6 Å². The quantitative estimate of drug-likeness (QED) is 0.557. The van der Waals surface area contributed by atoms with E-state index < -0.39 is 28.5 Å². The normalized spacial score (nSPS) is 10.7. The summed E-state index contributed by atoms with van der Waals surface area (Å²) in [4.78, 5) is 36.0. The highest BCUT2D eigenvalue weighted by Gasteiger charge is 2.13. The van der Waals surface area contributed by atoms with E-state index in [9.17, 15) is 22.8 Å². The van der Waals surface area contributed by atoms with Gasteiger partial charge in [-0.05, 0) is 43.3 Å². The summed E-state index contributed by atoms with van der Waals surface area (Å²) in [5, 5.41) is 5.20. The Labute approximate surface area is 168 Å². The van der Waals surface area contributed by atoms with Gasteiger partial charge < -0.3 is 15.4 Å². The smallest absolute Gasteiger partial charge is 0.338 e. The highest BCUT2D eigenvalue weighted by atomic mass is 32.2. The first kappa shape index (κ1) is 21.9. The van der Waals surface area contributed by atoms with Crippen LogP contribution in [0.1, 0.15) is 27.6 Å². The van der Waals surface area contributed by atoms with Gasteiger partial charge in [0, 0.05) is 23.5 Å². The van der Waals surface area contributed by atoms with Gasteiger partial charge in [-0.2, -0.15) is 0 Å². The number of anilines is 2. The molecule has 0 aliphatic heterocycles. The third kappa shape index (κ3) is 7.26. The number of carbonyl (C=O) groups excluding carboxylic acids is 3. The lowest BCUT2D eigenvalue weighted by Crippen LogP contribution is -2.23. The zero-order valence-electron chi connectivity index (χ0n) is 15.9. The van der Waals surface area contributed by atoms with Gasteiger partial charge in [-0.15, -0.1) is 0 Å². The van der Waals surface area contributed by atoms with Gasteiger partial charge in [0.2, 0.25) is 10.0 Å². The summed E-state index contributed by atoms with van der Waals surface area (Å²) >= 11 is 0. The van der Waals surface area contributed by atoms with Crippen LogP contribution in [0.5, 0.6) is 0 Å². The van der Waals surface area contributed by atoms with E-state index in [4.69, 9.17) is 4.74 Å². The summed E-state index contributed by atoms with van der Waals surface area (Å²) < 4.78 is 29.7. The molecule has 154 valence electrons. The lowest BCUT2D eigenvalue weighted by atomic mass is 10.2. The molecule has 0 atom stereocenters. The molecule has 0 saturated carbocycles. The molecule has 2 aromatic carbocycles. The first-order valence-electron chi connectivity index (χ1n) is 8.61. The van der Waals surface area contributed by atoms with E-state index in [0.717, 1.165) is 6.26 Å². The van der Waals surface area contributed by atoms with Gasteiger partial charge in [-0.1, -0.05) is 12.1 Å². The lowest BCUT2D eigenvalue weighted by molar-refractivity contribution is -0.119. The van der Waals surface area contributed by atoms with Gasteiger partial charge in [0.15, 0.2) is 6.61 Å². The molecule has 0 aromatic heterocycles. The van der Waals surface area contributed by atoms with Crippen LogP contribution in [0.4, 0.5) is 11.4 Å². The summed E-state index contributed by atoms with van der Waals surface area (Å²) in [6.45, 7) is 1.73. The van der Waals surface area contributed by atoms with Gasteiger partial charge >= 0.3 is 5.97 Å². The Morgan fingerprint density at radius 2 is 1.59 bits per heavy atom. The number of amides is 2. The molecule has 2 amide bonds. The van der Waals surface area contributed by atoms with E-state index in [-0.39, 0.29) is 17.2 Å². The predicted molar refractivity (Wildman–Crippen MR) is 108 cm³/mol. The Bertz CT molecular complexity index is 1020. The van der Waals surface area contributed by atoms with Crippen molar-refractivity contribution in [2.75, 3.05) is 29.4 Å². The minimum absolute atomic E-state index is 0.0877. The lowest BCUT2D eigenvalue weighted by Gasteiger charge is -2.09. The van der Waals surface area contributed by atoms with Crippen molar-refractivity contribution in [1.82, 2.24) is 5.32 Å². The largest absolute Gasteiger partial charge is 0.452 e. The summed E-state index contributed by atoms with van der Waals surface area (Å²) in [7, 11) is -3.49. The average Bonchev–Trinajstić information content (AvgIpc) is 2.65. The first-order chi connectivity index (χ1) is 13.7. The van der Waals surface area contributed by atoms with E-state index >= 15 is 0 Å². The van der Waals surface area contributed by atoms with E-state index in [2.05, 4.69) is 15.4 Å². The Balaban J connectivity index is 1.94. The van der Waals surface area contributed by atoms with Crippen LogP contribution in [0.2, 0.25) is 0 Å². The van der Waals surface area contributed by atoms with Crippen molar-refractivity contribution >= 4 is 39.2 Å². The number of hydrogen-bond donors (Lipinski definition) is 3. The second-order valence-corrected chi connectivity index (χ2v) is 7.77. The van der Waals surface area contributed by atoms with Crippen LogP contribution in [0.3, 0.4) is 0 Å². The summed E-state index contributed by atoms with van der Waals surface area (Å²) in [6, 6.07) is 12.0. The molecule has 0 spiro atoms. The Hall–Kier alpha value is -3.40. The zero-order chi connectivity index (χ0) is 21.4. The summed E-state index contributed by atoms with van der Waals surface area (Å²) in [6.07, 6.45) is 0.989. The topological polar surface area (TPSA) is 131 Å². The second-order valence-electron chi connectivity index (χ2n) is 6.02. The molecule has 2 aromatic rings. The van der Waals surface area contributed by atoms with Crippen LogP contribution >= 0.6 is 0 Å². The molecule has 0 aliphatic rings. The van der Waals surface area contributed by atoms with Crippen LogP contribution in [0.25, 0.3) is 0 Å². The second kappa shape index (κ2) is 9.69. The molecule has 0 saturated heterocycles. The molecule has 10 heteroatoms. The van der Waals surface area contributed by atoms with Crippen molar-refractivity contribution in [3.8, 4) is 0 Å². The maximum atomic E-state index is 12.1. The fourth-order valence-electron chi connectivity index (χ4n) is 2.34. The van der Waals surface area contributed by atoms with E-state index in [1.165, 1.54) is 30.3 Å². The van der Waals surface area contributed by atoms with Crippen LogP contribution in [0.15, 0.2) is 48.5 Å². The predicted octanol–water partition coefficient (Wildman–Crippen LogP) is 1.60. The highest BCUT2D eigenvalue weighted by Crippen LogP contribution is 2.14. The fourth-order valence-corrected chi connectivity index (χ4v) is 2.89. The zero-order valence-corrected chi connectivity index (χ0v) is 16.7. The summed E-state index contributed by atoms with van der Waals surface area (Å²) in [5.41, 5.74) is 1.06. The number of benzene rings is 2. The van der Waals surface area contributed by atoms with Crippen molar-refractivity contribution in [3.63, 3.8) is 0 Å². The highest BCUT2D eigenvalue weighted by molar-refractivity contribution is 7.92. The SMILES string of the molecule is CCNC(=O)c1cccc(NC(=O)COC(=O)c2cccc(NS(C)(=O)=O)c2)c1. The van der Waals surface area contributed by atoms with Gasteiger partial charge in [0.1, 0.15) is 0 Å². The molecule has 9 nitrogen and oxygen atoms in total. The number of carbonyl (C=O) groups is 3. The minimum atomic E-state index is -3.49. The molecule has 0 bridgehead atoms. The minimum Gasteiger partial charge on any atom is -0.452 e. The van der Waals surface area contributed by atoms with E-state index in [1.807, 2.05) is 0 Å². The molecule has 0 unspecified atom stereocenters. The van der Waals surface area contributed by atoms with E-state index in [1.54, 1.807) is 25.1 Å². The average molecular weight is 419 g/mol. The van der Waals surface area contributed by atoms with E-state index in [0.29, 0.717) is 17.8 Å². The number of rotatable bonds is 8. The Morgan fingerprint density at radius 1 is 0.966 bits per heavy atom. The fraction of sp³-hybridized carbons (Fsp3) is 0.211. The third-order valence-electron chi connectivity index (χ3n) is 3.48. The van der Waals surface area contributed by atoms with Gasteiger partial charge in [-0.25, -0.2) is 13.2 Å². The first-order valence-corrected chi connectivity index (χ1v) is 10.5. The van der Waals surface area contributed by atoms with Crippen molar-refractivity contribution < 1.29 is 27.5 Å². The van der Waals surface area contributed by atoms with Crippen molar-refractivity contribution in [1.29, 1.82) is 0 Å². The van der Waals surface area contributed by atoms with Crippen LogP contribution in [0, 0.1) is 0 Å². The molecular weight excluding hydrogens is 398 g/mol. The molecule has 3 N–H and O–H groups in total. The summed E-state index contributed by atoms with van der Waals surface area (Å²) in [5.74, 6) is -1.64. The maximum absolute atomic E-state index is 12.1. The molecule has 0 radical (unpaired) electrons. The molecular formula is C19H21N3O6S. The standard InChI is InChI=1S/C19H21N3O6S/c1-3-20-18(24)13-6-4-8-15(10-13)21-17(23)12-28-19(25)14-7-5-9-16(11-14)22-29(2,26)27/h4-11,22H,3,12H2,1-2H3,(H,20,24)(H,21,23). The third-order valence-corrected chi connectivity index (χ3v) is 4.09. The number of nitrogens with one attached hydrogen (secondary N) is 3. The Morgan fingerprint density at radius 3 is 2.24 bits per heavy atom. The molecule has 0 aliphatic carbocycles. The number of hydrogen-bond acceptors (Lipinski definition) is 6. The monoisotopic (exact) mass is 419 g/mol. The van der Waals surface area contributed by atoms with Crippen LogP contribution < -0.4 is 15.4 Å². The molecule has 0 heterocycles. The van der Waals surface area contributed by atoms with Gasteiger partial charge in [0.05, 0.1) is 11.8 Å². The van der Waals surface area contributed by atoms with Gasteiger partial charge in [0.25, 0.3) is 11.8 Å². The van der Waals surface area contributed by atoms with Crippen molar-refractivity contribution in [2.24, 2.45) is 0 Å².